The average Bonchev–Trinajstić information content (AvgIpc) is 2.80. The van der Waals surface area contributed by atoms with Gasteiger partial charge in [-0.15, -0.1) is 0 Å². The Kier molecular flexibility index (Phi) is 6.45. The number of aliphatic hydroxyl groups is 1. The summed E-state index contributed by atoms with van der Waals surface area (Å²) < 4.78 is 10.2. The van der Waals surface area contributed by atoms with Crippen LogP contribution in [0.2, 0.25) is 0 Å². The minimum Gasteiger partial charge on any atom is -0.497 e. The summed E-state index contributed by atoms with van der Waals surface area (Å²) >= 11 is 0. The number of aliphatic hydroxyl groups excluding tert-OH is 1. The number of amides is 2. The number of piperazine rings is 1. The van der Waals surface area contributed by atoms with Crippen molar-refractivity contribution in [3.63, 3.8) is 0 Å². The first-order valence-electron chi connectivity index (χ1n) is 10.5. The molecular formula is C25H26N2O5. The molecule has 0 saturated carbocycles. The number of carbonyl (C=O) groups is 2. The Balaban J connectivity index is 1.51. The molecule has 4 rings (SSSR count). The number of rotatable bonds is 5. The van der Waals surface area contributed by atoms with Gasteiger partial charge in [-0.25, -0.2) is 0 Å². The zero-order valence-electron chi connectivity index (χ0n) is 18.2. The SMILES string of the molecule is COCC(=O)N1CC(=O)N2[C@H](CO)[C@H](c3ccc(C#Cc4cccc(OC)c4)cc3)[C@H]2C1. The monoisotopic (exact) mass is 434 g/mol. The van der Waals surface area contributed by atoms with Crippen molar-refractivity contribution >= 4 is 11.8 Å². The quantitative estimate of drug-likeness (QED) is 0.717. The van der Waals surface area contributed by atoms with Gasteiger partial charge in [-0.3, -0.25) is 9.59 Å². The first kappa shape index (κ1) is 21.9. The second-order valence-electron chi connectivity index (χ2n) is 7.96. The largest absolute Gasteiger partial charge is 0.497 e. The molecule has 2 amide bonds. The van der Waals surface area contributed by atoms with Crippen LogP contribution in [0.15, 0.2) is 48.5 Å². The molecule has 2 aromatic carbocycles. The van der Waals surface area contributed by atoms with Crippen LogP contribution < -0.4 is 4.74 Å². The van der Waals surface area contributed by atoms with E-state index in [2.05, 4.69) is 11.8 Å². The lowest BCUT2D eigenvalue weighted by molar-refractivity contribution is -0.168. The van der Waals surface area contributed by atoms with E-state index in [0.717, 1.165) is 22.4 Å². The maximum atomic E-state index is 12.6. The number of ether oxygens (including phenoxy) is 2. The van der Waals surface area contributed by atoms with Crippen molar-refractivity contribution in [2.75, 3.05) is 40.5 Å². The van der Waals surface area contributed by atoms with Crippen molar-refractivity contribution in [1.29, 1.82) is 0 Å². The lowest BCUT2D eigenvalue weighted by atomic mass is 9.73. The van der Waals surface area contributed by atoms with Crippen LogP contribution in [0.25, 0.3) is 0 Å². The molecule has 0 bridgehead atoms. The zero-order chi connectivity index (χ0) is 22.7. The van der Waals surface area contributed by atoms with E-state index < -0.39 is 0 Å². The van der Waals surface area contributed by atoms with Crippen molar-refractivity contribution in [3.8, 4) is 17.6 Å². The lowest BCUT2D eigenvalue weighted by Crippen LogP contribution is -2.73. The van der Waals surface area contributed by atoms with Crippen LogP contribution in [-0.4, -0.2) is 79.3 Å². The fourth-order valence-electron chi connectivity index (χ4n) is 4.54. The molecule has 7 nitrogen and oxygen atoms in total. The molecule has 2 fully saturated rings. The summed E-state index contributed by atoms with van der Waals surface area (Å²) in [6, 6.07) is 15.0. The summed E-state index contributed by atoms with van der Waals surface area (Å²) in [6.45, 7) is 0.304. The van der Waals surface area contributed by atoms with Crippen LogP contribution >= 0.6 is 0 Å². The van der Waals surface area contributed by atoms with E-state index in [4.69, 9.17) is 9.47 Å². The summed E-state index contributed by atoms with van der Waals surface area (Å²) in [6.07, 6.45) is 0. The van der Waals surface area contributed by atoms with Crippen molar-refractivity contribution < 1.29 is 24.2 Å². The Labute approximate surface area is 187 Å². The standard InChI is InChI=1S/C25H26N2O5/c1-31-16-24(30)26-13-21-25(22(15-28)27(21)23(29)14-26)19-10-8-17(9-11-19)6-7-18-4-3-5-20(12-18)32-2/h3-5,8-12,21-22,25,28H,13-16H2,1-2H3/t21-,22-,25-/m1/s1. The fraction of sp³-hybridized carbons (Fsp3) is 0.360. The van der Waals surface area contributed by atoms with E-state index >= 15 is 0 Å². The molecule has 3 atom stereocenters. The third-order valence-corrected chi connectivity index (χ3v) is 6.09. The lowest BCUT2D eigenvalue weighted by Gasteiger charge is -2.58. The molecule has 0 spiro atoms. The Bertz CT molecular complexity index is 1060. The van der Waals surface area contributed by atoms with Gasteiger partial charge in [0.15, 0.2) is 0 Å². The molecule has 32 heavy (non-hydrogen) atoms. The van der Waals surface area contributed by atoms with Gasteiger partial charge in [0, 0.05) is 30.7 Å². The summed E-state index contributed by atoms with van der Waals surface area (Å²) in [5, 5.41) is 9.91. The summed E-state index contributed by atoms with van der Waals surface area (Å²) in [4.78, 5) is 28.1. The first-order valence-corrected chi connectivity index (χ1v) is 10.5. The second kappa shape index (κ2) is 9.43. The predicted octanol–water partition coefficient (Wildman–Crippen LogP) is 1.24. The minimum atomic E-state index is -0.277. The van der Waals surface area contributed by atoms with Crippen LogP contribution in [-0.2, 0) is 14.3 Å². The normalized spacial score (nSPS) is 21.8. The number of carbonyl (C=O) groups excluding carboxylic acids is 2. The van der Waals surface area contributed by atoms with Gasteiger partial charge in [-0.2, -0.15) is 0 Å². The van der Waals surface area contributed by atoms with Crippen LogP contribution in [0.3, 0.4) is 0 Å². The summed E-state index contributed by atoms with van der Waals surface area (Å²) in [5.41, 5.74) is 2.75. The molecule has 2 heterocycles. The maximum absolute atomic E-state index is 12.6. The Morgan fingerprint density at radius 2 is 1.88 bits per heavy atom. The molecule has 0 unspecified atom stereocenters. The van der Waals surface area contributed by atoms with E-state index in [1.54, 1.807) is 16.9 Å². The smallest absolute Gasteiger partial charge is 0.249 e. The molecule has 2 aromatic rings. The highest BCUT2D eigenvalue weighted by atomic mass is 16.5. The third-order valence-electron chi connectivity index (χ3n) is 6.09. The van der Waals surface area contributed by atoms with E-state index in [1.807, 2.05) is 48.5 Å². The highest BCUT2D eigenvalue weighted by Gasteiger charge is 2.54. The number of nitrogens with zero attached hydrogens (tertiary/aromatic N) is 2. The molecule has 2 aliphatic heterocycles. The molecule has 0 radical (unpaired) electrons. The molecular weight excluding hydrogens is 408 g/mol. The summed E-state index contributed by atoms with van der Waals surface area (Å²) in [7, 11) is 3.09. The number of hydrogen-bond donors (Lipinski definition) is 1. The molecule has 166 valence electrons. The molecule has 0 aliphatic carbocycles. The summed E-state index contributed by atoms with van der Waals surface area (Å²) in [5.74, 6) is 6.67. The Morgan fingerprint density at radius 3 is 2.56 bits per heavy atom. The number of benzene rings is 2. The topological polar surface area (TPSA) is 79.3 Å². The van der Waals surface area contributed by atoms with Crippen LogP contribution in [0, 0.1) is 11.8 Å². The number of fused-ring (bicyclic) bond motifs is 1. The van der Waals surface area contributed by atoms with Crippen molar-refractivity contribution in [2.45, 2.75) is 18.0 Å². The number of hydrogen-bond acceptors (Lipinski definition) is 5. The van der Waals surface area contributed by atoms with E-state index in [1.165, 1.54) is 7.11 Å². The van der Waals surface area contributed by atoms with Gasteiger partial charge < -0.3 is 24.4 Å². The molecule has 0 aromatic heterocycles. The highest BCUT2D eigenvalue weighted by Crippen LogP contribution is 2.42. The predicted molar refractivity (Wildman–Crippen MR) is 118 cm³/mol. The van der Waals surface area contributed by atoms with E-state index in [0.29, 0.717) is 6.54 Å². The van der Waals surface area contributed by atoms with Crippen LogP contribution in [0.4, 0.5) is 0 Å². The fourth-order valence-corrected chi connectivity index (χ4v) is 4.54. The van der Waals surface area contributed by atoms with E-state index in [-0.39, 0.29) is 49.6 Å². The maximum Gasteiger partial charge on any atom is 0.249 e. The van der Waals surface area contributed by atoms with Gasteiger partial charge in [0.25, 0.3) is 0 Å². The van der Waals surface area contributed by atoms with Gasteiger partial charge in [0.05, 0.1) is 32.3 Å². The van der Waals surface area contributed by atoms with Crippen molar-refractivity contribution in [3.05, 3.63) is 65.2 Å². The molecule has 1 N–H and O–H groups in total. The van der Waals surface area contributed by atoms with E-state index in [9.17, 15) is 14.7 Å². The zero-order valence-corrected chi connectivity index (χ0v) is 18.2. The van der Waals surface area contributed by atoms with Crippen LogP contribution in [0.5, 0.6) is 5.75 Å². The average molecular weight is 434 g/mol. The third kappa shape index (κ3) is 4.20. The van der Waals surface area contributed by atoms with Crippen molar-refractivity contribution in [2.24, 2.45) is 0 Å². The Morgan fingerprint density at radius 1 is 1.12 bits per heavy atom. The Hall–Kier alpha value is -3.34. The minimum absolute atomic E-state index is 0.0285. The van der Waals surface area contributed by atoms with Gasteiger partial charge in [-0.05, 0) is 35.9 Å². The highest BCUT2D eigenvalue weighted by molar-refractivity contribution is 5.88. The van der Waals surface area contributed by atoms with Crippen molar-refractivity contribution in [1.82, 2.24) is 9.80 Å². The van der Waals surface area contributed by atoms with Gasteiger partial charge in [-0.1, -0.05) is 30.0 Å². The molecule has 7 heteroatoms. The van der Waals surface area contributed by atoms with Gasteiger partial charge >= 0.3 is 0 Å². The van der Waals surface area contributed by atoms with Gasteiger partial charge in [0.1, 0.15) is 12.4 Å². The number of methoxy groups -OCH3 is 2. The van der Waals surface area contributed by atoms with Gasteiger partial charge in [0.2, 0.25) is 11.8 Å². The first-order chi connectivity index (χ1) is 15.5. The van der Waals surface area contributed by atoms with Crippen LogP contribution in [0.1, 0.15) is 22.6 Å². The molecule has 2 aliphatic rings. The second-order valence-corrected chi connectivity index (χ2v) is 7.96. The molecule has 2 saturated heterocycles.